The molecule has 1 unspecified atom stereocenters. The normalized spacial score (nSPS) is 20.7. The Balaban J connectivity index is 1.35. The summed E-state index contributed by atoms with van der Waals surface area (Å²) in [6.07, 6.45) is 3.11. The third-order valence-corrected chi connectivity index (χ3v) is 5.69. The van der Waals surface area contributed by atoms with Crippen LogP contribution in [-0.4, -0.2) is 39.3 Å². The van der Waals surface area contributed by atoms with Gasteiger partial charge in [-0.1, -0.05) is 12.1 Å². The molecule has 0 aliphatic carbocycles. The van der Waals surface area contributed by atoms with E-state index in [-0.39, 0.29) is 5.91 Å². The highest BCUT2D eigenvalue weighted by Crippen LogP contribution is 2.33. The molecule has 2 aliphatic heterocycles. The van der Waals surface area contributed by atoms with Crippen molar-refractivity contribution in [1.29, 1.82) is 0 Å². The number of carbonyl (C=O) groups is 1. The van der Waals surface area contributed by atoms with Crippen LogP contribution >= 0.6 is 0 Å². The maximum atomic E-state index is 12.5. The molecule has 6 nitrogen and oxygen atoms in total. The molecule has 0 spiro atoms. The lowest BCUT2D eigenvalue weighted by Gasteiger charge is -2.22. The molecule has 4 rings (SSSR count). The molecule has 2 heterocycles. The average molecular weight is 397 g/mol. The number of likely N-dealkylation sites (tertiary alicyclic amines) is 1. The van der Waals surface area contributed by atoms with Crippen LogP contribution in [0.1, 0.15) is 36.4 Å². The second-order valence-electron chi connectivity index (χ2n) is 7.66. The quantitative estimate of drug-likeness (QED) is 0.782. The van der Waals surface area contributed by atoms with E-state index in [0.29, 0.717) is 32.3 Å². The fourth-order valence-electron chi connectivity index (χ4n) is 4.13. The Labute approximate surface area is 171 Å². The van der Waals surface area contributed by atoms with Crippen molar-refractivity contribution in [2.24, 2.45) is 0 Å². The third kappa shape index (κ3) is 4.82. The van der Waals surface area contributed by atoms with E-state index in [4.69, 9.17) is 14.2 Å². The molecule has 154 valence electrons. The molecule has 2 aromatic carbocycles. The van der Waals surface area contributed by atoms with Crippen molar-refractivity contribution in [3.8, 4) is 17.2 Å². The van der Waals surface area contributed by atoms with Gasteiger partial charge < -0.3 is 24.4 Å². The first kappa shape index (κ1) is 19.6. The Hall–Kier alpha value is -2.73. The molecule has 0 radical (unpaired) electrons. The summed E-state index contributed by atoms with van der Waals surface area (Å²) in [5, 5.41) is 3.05. The molecule has 2 aromatic rings. The van der Waals surface area contributed by atoms with Gasteiger partial charge in [-0.3, -0.25) is 4.79 Å². The van der Waals surface area contributed by atoms with Crippen LogP contribution in [0, 0.1) is 0 Å². The summed E-state index contributed by atoms with van der Waals surface area (Å²) in [4.78, 5) is 13.9. The van der Waals surface area contributed by atoms with Crippen molar-refractivity contribution in [1.82, 2.24) is 5.32 Å². The minimum absolute atomic E-state index is 0.0806. The van der Waals surface area contributed by atoms with Gasteiger partial charge in [0.15, 0.2) is 18.0 Å². The molecule has 29 heavy (non-hydrogen) atoms. The summed E-state index contributed by atoms with van der Waals surface area (Å²) in [6.45, 7) is 3.40. The predicted molar refractivity (Wildman–Crippen MR) is 110 cm³/mol. The fourth-order valence-corrected chi connectivity index (χ4v) is 4.13. The maximum absolute atomic E-state index is 12.5. The number of carbonyl (C=O) groups excluding carboxylic acids is 1. The van der Waals surface area contributed by atoms with Gasteiger partial charge in [0.1, 0.15) is 11.8 Å². The molecule has 6 heteroatoms. The molecule has 1 fully saturated rings. The zero-order valence-electron chi connectivity index (χ0n) is 16.9. The number of nitrogens with one attached hydrogen (secondary N) is 2. The van der Waals surface area contributed by atoms with Gasteiger partial charge in [0.2, 0.25) is 0 Å². The number of quaternary nitrogens is 1. The Morgan fingerprint density at radius 3 is 2.69 bits per heavy atom. The van der Waals surface area contributed by atoms with Crippen LogP contribution in [0.5, 0.6) is 17.2 Å². The molecule has 0 saturated carbocycles. The smallest absolute Gasteiger partial charge is 0.275 e. The number of rotatable bonds is 6. The van der Waals surface area contributed by atoms with Crippen molar-refractivity contribution in [3.63, 3.8) is 0 Å². The molecule has 2 N–H and O–H groups in total. The van der Waals surface area contributed by atoms with E-state index in [1.807, 2.05) is 30.3 Å². The number of hydrogen-bond acceptors (Lipinski definition) is 4. The second kappa shape index (κ2) is 9.18. The van der Waals surface area contributed by atoms with Crippen LogP contribution in [0.25, 0.3) is 0 Å². The van der Waals surface area contributed by atoms with Crippen molar-refractivity contribution in [3.05, 3.63) is 53.6 Å². The van der Waals surface area contributed by atoms with E-state index in [1.165, 1.54) is 10.5 Å². The molecular weight excluding hydrogens is 368 g/mol. The highest BCUT2D eigenvalue weighted by atomic mass is 16.5. The molecule has 1 amide bonds. The first-order chi connectivity index (χ1) is 14.2. The number of amides is 1. The largest absolute Gasteiger partial charge is 0.497 e. The van der Waals surface area contributed by atoms with Gasteiger partial charge >= 0.3 is 0 Å². The first-order valence-electron chi connectivity index (χ1n) is 10.4. The average Bonchev–Trinajstić information content (AvgIpc) is 3.07. The van der Waals surface area contributed by atoms with E-state index >= 15 is 0 Å². The zero-order chi connectivity index (χ0) is 20.1. The van der Waals surface area contributed by atoms with Crippen molar-refractivity contribution in [2.45, 2.75) is 31.8 Å². The lowest BCUT2D eigenvalue weighted by Crippen LogP contribution is -3.11. The van der Waals surface area contributed by atoms with Crippen molar-refractivity contribution >= 4 is 5.91 Å². The lowest BCUT2D eigenvalue weighted by atomic mass is 10.0. The molecule has 2 aliphatic rings. The minimum atomic E-state index is 0.0806. The monoisotopic (exact) mass is 397 g/mol. The first-order valence-corrected chi connectivity index (χ1v) is 10.4. The summed E-state index contributed by atoms with van der Waals surface area (Å²) >= 11 is 0. The van der Waals surface area contributed by atoms with Gasteiger partial charge in [-0.15, -0.1) is 0 Å². The molecule has 0 bridgehead atoms. The predicted octanol–water partition coefficient (Wildman–Crippen LogP) is 1.89. The van der Waals surface area contributed by atoms with Gasteiger partial charge in [-0.2, -0.15) is 0 Å². The Bertz CT molecular complexity index is 837. The molecule has 0 aromatic heterocycles. The maximum Gasteiger partial charge on any atom is 0.275 e. The molecular formula is C23H29N2O4+. The Morgan fingerprint density at radius 1 is 1.10 bits per heavy atom. The number of hydrogen-bond donors (Lipinski definition) is 2. The summed E-state index contributed by atoms with van der Waals surface area (Å²) in [7, 11) is 1.65. The van der Waals surface area contributed by atoms with Crippen LogP contribution in [0.3, 0.4) is 0 Å². The van der Waals surface area contributed by atoms with E-state index in [0.717, 1.165) is 48.6 Å². The summed E-state index contributed by atoms with van der Waals surface area (Å²) < 4.78 is 16.8. The molecule has 2 atom stereocenters. The van der Waals surface area contributed by atoms with Gasteiger partial charge in [-0.05, 0) is 35.9 Å². The Kier molecular flexibility index (Phi) is 6.20. The molecule has 1 saturated heterocycles. The summed E-state index contributed by atoms with van der Waals surface area (Å²) in [5.41, 5.74) is 2.29. The van der Waals surface area contributed by atoms with Crippen molar-refractivity contribution in [2.75, 3.05) is 33.4 Å². The third-order valence-electron chi connectivity index (χ3n) is 5.69. The standard InChI is InChI=1S/C23H28N2O4/c1-27-19-8-5-17(6-9-19)15-24-23(26)16-25-11-2-4-20(25)18-7-10-21-22(14-18)29-13-3-12-28-21/h5-10,14,20H,2-4,11-13,15-16H2,1H3,(H,24,26)/p+1/t20-/m0/s1. The van der Waals surface area contributed by atoms with Crippen LogP contribution < -0.4 is 24.4 Å². The van der Waals surface area contributed by atoms with Crippen LogP contribution in [0.15, 0.2) is 42.5 Å². The van der Waals surface area contributed by atoms with Gasteiger partial charge in [0, 0.05) is 31.4 Å². The number of benzene rings is 2. The van der Waals surface area contributed by atoms with Gasteiger partial charge in [0.25, 0.3) is 5.91 Å². The SMILES string of the molecule is COc1ccc(CNC(=O)C[NH+]2CCC[C@H]2c2ccc3c(c2)OCCCO3)cc1. The number of methoxy groups -OCH3 is 1. The van der Waals surface area contributed by atoms with Crippen LogP contribution in [-0.2, 0) is 11.3 Å². The van der Waals surface area contributed by atoms with Gasteiger partial charge in [-0.25, -0.2) is 0 Å². The van der Waals surface area contributed by atoms with E-state index in [1.54, 1.807) is 7.11 Å². The lowest BCUT2D eigenvalue weighted by molar-refractivity contribution is -0.910. The highest BCUT2D eigenvalue weighted by Gasteiger charge is 2.32. The van der Waals surface area contributed by atoms with E-state index < -0.39 is 0 Å². The van der Waals surface area contributed by atoms with Gasteiger partial charge in [0.05, 0.1) is 26.9 Å². The van der Waals surface area contributed by atoms with Crippen LogP contribution in [0.4, 0.5) is 0 Å². The summed E-state index contributed by atoms with van der Waals surface area (Å²) in [6, 6.07) is 14.3. The fraction of sp³-hybridized carbons (Fsp3) is 0.435. The van der Waals surface area contributed by atoms with Crippen LogP contribution in [0.2, 0.25) is 0 Å². The zero-order valence-corrected chi connectivity index (χ0v) is 16.9. The summed E-state index contributed by atoms with van der Waals surface area (Å²) in [5.74, 6) is 2.55. The van der Waals surface area contributed by atoms with Crippen molar-refractivity contribution < 1.29 is 23.9 Å². The minimum Gasteiger partial charge on any atom is -0.497 e. The topological polar surface area (TPSA) is 61.2 Å². The van der Waals surface area contributed by atoms with E-state index in [9.17, 15) is 4.79 Å². The second-order valence-corrected chi connectivity index (χ2v) is 7.66. The number of ether oxygens (including phenoxy) is 3. The Morgan fingerprint density at radius 2 is 1.90 bits per heavy atom. The number of fused-ring (bicyclic) bond motifs is 1. The van der Waals surface area contributed by atoms with E-state index in [2.05, 4.69) is 17.4 Å². The highest BCUT2D eigenvalue weighted by molar-refractivity contribution is 5.76.